The summed E-state index contributed by atoms with van der Waals surface area (Å²) in [5, 5.41) is 0.107. The first-order chi connectivity index (χ1) is 6.43. The number of rotatable bonds is 1. The molecule has 1 aliphatic rings. The van der Waals surface area contributed by atoms with Crippen molar-refractivity contribution in [2.24, 2.45) is 0 Å². The van der Waals surface area contributed by atoms with Gasteiger partial charge in [0.25, 0.3) is 0 Å². The molecule has 0 aliphatic carbocycles. The van der Waals surface area contributed by atoms with Crippen LogP contribution in [0, 0.1) is 0 Å². The second kappa shape index (κ2) is 8.06. The first kappa shape index (κ1) is 11.8. The third-order valence-corrected chi connectivity index (χ3v) is 6.52. The maximum Gasteiger partial charge on any atom is 0.213 e. The van der Waals surface area contributed by atoms with Crippen LogP contribution in [0.3, 0.4) is 0 Å². The van der Waals surface area contributed by atoms with Gasteiger partial charge in [-0.25, -0.2) is 0 Å². The Morgan fingerprint density at radius 2 is 1.85 bits per heavy atom. The Bertz CT molecular complexity index is 129. The van der Waals surface area contributed by atoms with Gasteiger partial charge in [0.05, 0.1) is 5.25 Å². The molecule has 0 bridgehead atoms. The maximum absolute atomic E-state index is 10.5. The van der Waals surface area contributed by atoms with Crippen LogP contribution in [0.4, 0.5) is 0 Å². The zero-order valence-electron chi connectivity index (χ0n) is 7.66. The summed E-state index contributed by atoms with van der Waals surface area (Å²) < 4.78 is 0. The molecule has 1 unspecified atom stereocenters. The molecule has 1 atom stereocenters. The SMILES string of the molecule is O=[C]C1CCCCCCCSSS1. The molecular weight excluding hydrogens is 220 g/mol. The van der Waals surface area contributed by atoms with Crippen LogP contribution < -0.4 is 0 Å². The minimum Gasteiger partial charge on any atom is -0.290 e. The van der Waals surface area contributed by atoms with E-state index in [2.05, 4.69) is 6.29 Å². The molecule has 0 saturated carbocycles. The van der Waals surface area contributed by atoms with Crippen molar-refractivity contribution in [1.29, 1.82) is 0 Å². The molecule has 1 saturated heterocycles. The Morgan fingerprint density at radius 3 is 2.69 bits per heavy atom. The van der Waals surface area contributed by atoms with Crippen molar-refractivity contribution in [3.8, 4) is 0 Å². The Balaban J connectivity index is 2.22. The van der Waals surface area contributed by atoms with E-state index in [1.165, 1.54) is 37.9 Å². The van der Waals surface area contributed by atoms with Gasteiger partial charge >= 0.3 is 0 Å². The lowest BCUT2D eigenvalue weighted by atomic mass is 10.1. The Morgan fingerprint density at radius 1 is 1.08 bits per heavy atom. The molecule has 13 heavy (non-hydrogen) atoms. The van der Waals surface area contributed by atoms with Crippen LogP contribution in [0.2, 0.25) is 0 Å². The average molecular weight is 235 g/mol. The van der Waals surface area contributed by atoms with Gasteiger partial charge in [0, 0.05) is 5.75 Å². The minimum absolute atomic E-state index is 0.107. The van der Waals surface area contributed by atoms with E-state index in [1.807, 2.05) is 10.8 Å². The van der Waals surface area contributed by atoms with E-state index in [-0.39, 0.29) is 5.25 Å². The van der Waals surface area contributed by atoms with Gasteiger partial charge in [-0.3, -0.25) is 4.79 Å². The fraction of sp³-hybridized carbons (Fsp3) is 0.889. The van der Waals surface area contributed by atoms with Crippen LogP contribution in [0.1, 0.15) is 38.5 Å². The fourth-order valence-electron chi connectivity index (χ4n) is 1.26. The molecular formula is C9H15OS3. The summed E-state index contributed by atoms with van der Waals surface area (Å²) in [7, 11) is 5.33. The largest absolute Gasteiger partial charge is 0.290 e. The molecule has 0 aromatic carbocycles. The third-order valence-electron chi connectivity index (χ3n) is 2.03. The summed E-state index contributed by atoms with van der Waals surface area (Å²) in [6.07, 6.45) is 9.63. The lowest BCUT2D eigenvalue weighted by molar-refractivity contribution is 0.545. The number of carbonyl (C=O) groups excluding carboxylic acids is 1. The molecule has 1 aliphatic heterocycles. The minimum atomic E-state index is 0.107. The lowest BCUT2D eigenvalue weighted by Crippen LogP contribution is -2.01. The molecule has 0 amide bonds. The van der Waals surface area contributed by atoms with Crippen LogP contribution in [-0.4, -0.2) is 17.3 Å². The second-order valence-corrected chi connectivity index (χ2v) is 7.61. The Hall–Kier alpha value is 0.720. The van der Waals surface area contributed by atoms with Gasteiger partial charge in [0.1, 0.15) is 0 Å². The van der Waals surface area contributed by atoms with Gasteiger partial charge in [0.15, 0.2) is 0 Å². The van der Waals surface area contributed by atoms with Gasteiger partial charge in [-0.05, 0) is 22.7 Å². The van der Waals surface area contributed by atoms with Crippen LogP contribution in [-0.2, 0) is 4.79 Å². The van der Waals surface area contributed by atoms with E-state index in [0.29, 0.717) is 0 Å². The number of hydrogen-bond acceptors (Lipinski definition) is 4. The molecule has 0 spiro atoms. The van der Waals surface area contributed by atoms with Crippen molar-refractivity contribution in [3.05, 3.63) is 0 Å². The van der Waals surface area contributed by atoms with Gasteiger partial charge in [-0.15, -0.1) is 0 Å². The summed E-state index contributed by atoms with van der Waals surface area (Å²) in [5.41, 5.74) is 0. The van der Waals surface area contributed by atoms with E-state index < -0.39 is 0 Å². The molecule has 1 nitrogen and oxygen atoms in total. The first-order valence-corrected chi connectivity index (χ1v) is 8.47. The van der Waals surface area contributed by atoms with E-state index in [4.69, 9.17) is 0 Å². The summed E-state index contributed by atoms with van der Waals surface area (Å²) in [4.78, 5) is 10.5. The van der Waals surface area contributed by atoms with Crippen molar-refractivity contribution >= 4 is 37.7 Å². The van der Waals surface area contributed by atoms with E-state index in [1.54, 1.807) is 20.6 Å². The predicted octanol–water partition coefficient (Wildman–Crippen LogP) is 3.85. The highest BCUT2D eigenvalue weighted by Gasteiger charge is 2.10. The van der Waals surface area contributed by atoms with Crippen molar-refractivity contribution < 1.29 is 4.79 Å². The van der Waals surface area contributed by atoms with Crippen LogP contribution in [0.25, 0.3) is 0 Å². The zero-order chi connectivity index (χ0) is 9.36. The molecule has 0 aromatic heterocycles. The quantitative estimate of drug-likeness (QED) is 0.642. The second-order valence-electron chi connectivity index (χ2n) is 3.15. The highest BCUT2D eigenvalue weighted by molar-refractivity contribution is 9.09. The van der Waals surface area contributed by atoms with Crippen molar-refractivity contribution in [2.45, 2.75) is 43.8 Å². The number of hydrogen-bond donors (Lipinski definition) is 0. The van der Waals surface area contributed by atoms with Crippen LogP contribution >= 0.6 is 31.4 Å². The molecule has 0 aromatic rings. The fourth-order valence-corrected chi connectivity index (χ4v) is 5.48. The zero-order valence-corrected chi connectivity index (χ0v) is 10.1. The molecule has 1 heterocycles. The van der Waals surface area contributed by atoms with E-state index in [0.717, 1.165) is 6.42 Å². The van der Waals surface area contributed by atoms with Gasteiger partial charge in [-0.2, -0.15) is 0 Å². The summed E-state index contributed by atoms with van der Waals surface area (Å²) in [5.74, 6) is 1.23. The predicted molar refractivity (Wildman–Crippen MR) is 64.8 cm³/mol. The first-order valence-electron chi connectivity index (χ1n) is 4.76. The third kappa shape index (κ3) is 5.92. The highest BCUT2D eigenvalue weighted by atomic mass is 33.5. The molecule has 1 radical (unpaired) electrons. The average Bonchev–Trinajstić information content (AvgIpc) is 2.22. The van der Waals surface area contributed by atoms with E-state index in [9.17, 15) is 4.79 Å². The topological polar surface area (TPSA) is 17.1 Å². The summed E-state index contributed by atoms with van der Waals surface area (Å²) >= 11 is 0. The van der Waals surface area contributed by atoms with Gasteiger partial charge < -0.3 is 0 Å². The normalized spacial score (nSPS) is 27.5. The smallest absolute Gasteiger partial charge is 0.213 e. The molecule has 4 heteroatoms. The Labute approximate surface area is 92.0 Å². The van der Waals surface area contributed by atoms with Crippen LogP contribution in [0.5, 0.6) is 0 Å². The van der Waals surface area contributed by atoms with Crippen molar-refractivity contribution in [2.75, 3.05) is 5.75 Å². The van der Waals surface area contributed by atoms with Crippen molar-refractivity contribution in [3.63, 3.8) is 0 Å². The lowest BCUT2D eigenvalue weighted by Gasteiger charge is -2.05. The summed E-state index contributed by atoms with van der Waals surface area (Å²) in [6.45, 7) is 0. The van der Waals surface area contributed by atoms with Gasteiger partial charge in [0.2, 0.25) is 6.29 Å². The summed E-state index contributed by atoms with van der Waals surface area (Å²) in [6, 6.07) is 0. The molecule has 0 N–H and O–H groups in total. The van der Waals surface area contributed by atoms with E-state index >= 15 is 0 Å². The van der Waals surface area contributed by atoms with Crippen molar-refractivity contribution in [1.82, 2.24) is 0 Å². The van der Waals surface area contributed by atoms with Crippen LogP contribution in [0.15, 0.2) is 0 Å². The maximum atomic E-state index is 10.5. The monoisotopic (exact) mass is 235 g/mol. The highest BCUT2D eigenvalue weighted by Crippen LogP contribution is 2.39. The Kier molecular flexibility index (Phi) is 7.31. The molecule has 75 valence electrons. The molecule has 1 fully saturated rings. The standard InChI is InChI=1S/C9H15OS3/c10-8-9-6-4-2-1-3-5-7-11-13-12-9/h9H,1-7H2. The molecule has 1 rings (SSSR count). The van der Waals surface area contributed by atoms with Gasteiger partial charge in [-0.1, -0.05) is 47.3 Å².